The Morgan fingerprint density at radius 2 is 2.11 bits per heavy atom. The Hall–Kier alpha value is -2.01. The largest absolute Gasteiger partial charge is 0.366 e. The van der Waals surface area contributed by atoms with Crippen molar-refractivity contribution >= 4 is 39.7 Å². The molecule has 2 aromatic rings. The van der Waals surface area contributed by atoms with Gasteiger partial charge in [0.25, 0.3) is 5.91 Å². The van der Waals surface area contributed by atoms with Crippen LogP contribution in [0.5, 0.6) is 0 Å². The zero-order chi connectivity index (χ0) is 12.5. The average Bonchev–Trinajstić information content (AvgIpc) is 2.90. The first kappa shape index (κ1) is 11.1. The Morgan fingerprint density at radius 3 is 2.83 bits per heavy atom. The van der Waals surface area contributed by atoms with Gasteiger partial charge in [0.2, 0.25) is 0 Å². The predicted octanol–water partition coefficient (Wildman–Crippen LogP) is 2.39. The Morgan fingerprint density at radius 1 is 1.28 bits per heavy atom. The molecule has 5 heteroatoms. The normalized spacial score (nSPS) is 14.3. The molecule has 0 aromatic heterocycles. The fraction of sp³-hybridized carbons (Fsp3) is 0.0769. The molecule has 1 aliphatic rings. The number of anilines is 1. The molecule has 0 spiro atoms. The lowest BCUT2D eigenvalue weighted by molar-refractivity contribution is 0.100. The first-order chi connectivity index (χ1) is 8.77. The third kappa shape index (κ3) is 1.73. The number of nitrogens with two attached hydrogens (primary N) is 1. The molecule has 1 aliphatic heterocycles. The van der Waals surface area contributed by atoms with Gasteiger partial charge in [0, 0.05) is 0 Å². The highest BCUT2D eigenvalue weighted by Gasteiger charge is 2.19. The average molecular weight is 257 g/mol. The SMILES string of the molecule is NC(=O)c1c(N2CSC=N2)ccc2ccccc12. The minimum Gasteiger partial charge on any atom is -0.366 e. The van der Waals surface area contributed by atoms with Gasteiger partial charge in [-0.15, -0.1) is 0 Å². The molecule has 0 radical (unpaired) electrons. The Balaban J connectivity index is 2.28. The van der Waals surface area contributed by atoms with Gasteiger partial charge in [0.15, 0.2) is 0 Å². The monoisotopic (exact) mass is 257 g/mol. The first-order valence-electron chi connectivity index (χ1n) is 5.50. The number of fused-ring (bicyclic) bond motifs is 1. The summed E-state index contributed by atoms with van der Waals surface area (Å²) >= 11 is 1.58. The van der Waals surface area contributed by atoms with E-state index >= 15 is 0 Å². The van der Waals surface area contributed by atoms with E-state index < -0.39 is 5.91 Å². The van der Waals surface area contributed by atoms with Crippen LogP contribution in [0.25, 0.3) is 10.8 Å². The second kappa shape index (κ2) is 4.34. The van der Waals surface area contributed by atoms with Crippen molar-refractivity contribution in [3.8, 4) is 0 Å². The number of carbonyl (C=O) groups excluding carboxylic acids is 1. The van der Waals surface area contributed by atoms with E-state index in [1.807, 2.05) is 36.4 Å². The van der Waals surface area contributed by atoms with Crippen molar-refractivity contribution < 1.29 is 4.79 Å². The number of rotatable bonds is 2. The molecule has 2 N–H and O–H groups in total. The summed E-state index contributed by atoms with van der Waals surface area (Å²) in [6.45, 7) is 0. The fourth-order valence-electron chi connectivity index (χ4n) is 2.09. The van der Waals surface area contributed by atoms with Crippen LogP contribution in [0.4, 0.5) is 5.69 Å². The van der Waals surface area contributed by atoms with Gasteiger partial charge < -0.3 is 5.73 Å². The highest BCUT2D eigenvalue weighted by molar-refractivity contribution is 8.12. The fourth-order valence-corrected chi connectivity index (χ4v) is 2.69. The number of hydrogen-bond acceptors (Lipinski definition) is 4. The Kier molecular flexibility index (Phi) is 2.68. The topological polar surface area (TPSA) is 58.7 Å². The summed E-state index contributed by atoms with van der Waals surface area (Å²) in [5.74, 6) is 0.285. The van der Waals surface area contributed by atoms with Gasteiger partial charge in [-0.25, -0.2) is 0 Å². The van der Waals surface area contributed by atoms with Crippen molar-refractivity contribution in [3.63, 3.8) is 0 Å². The number of nitrogens with zero attached hydrogens (tertiary/aromatic N) is 2. The Labute approximate surface area is 108 Å². The molecule has 0 fully saturated rings. The van der Waals surface area contributed by atoms with E-state index in [-0.39, 0.29) is 0 Å². The van der Waals surface area contributed by atoms with Crippen molar-refractivity contribution in [1.82, 2.24) is 0 Å². The molecule has 0 saturated carbocycles. The summed E-state index contributed by atoms with van der Waals surface area (Å²) in [5, 5.41) is 7.88. The van der Waals surface area contributed by atoms with E-state index in [9.17, 15) is 4.79 Å². The van der Waals surface area contributed by atoms with Gasteiger partial charge in [-0.05, 0) is 16.8 Å². The van der Waals surface area contributed by atoms with E-state index in [2.05, 4.69) is 5.10 Å². The number of amides is 1. The van der Waals surface area contributed by atoms with Crippen LogP contribution in [0.2, 0.25) is 0 Å². The van der Waals surface area contributed by atoms with Crippen LogP contribution < -0.4 is 10.7 Å². The summed E-state index contributed by atoms with van der Waals surface area (Å²) < 4.78 is 0. The predicted molar refractivity (Wildman–Crippen MR) is 75.9 cm³/mol. The highest BCUT2D eigenvalue weighted by atomic mass is 32.2. The van der Waals surface area contributed by atoms with Crippen molar-refractivity contribution in [2.45, 2.75) is 0 Å². The van der Waals surface area contributed by atoms with Crippen LogP contribution in [0, 0.1) is 0 Å². The molecule has 2 aromatic carbocycles. The maximum Gasteiger partial charge on any atom is 0.251 e. The van der Waals surface area contributed by atoms with Gasteiger partial charge in [0.1, 0.15) is 0 Å². The van der Waals surface area contributed by atoms with Crippen LogP contribution in [0.3, 0.4) is 0 Å². The smallest absolute Gasteiger partial charge is 0.251 e. The van der Waals surface area contributed by atoms with Crippen LogP contribution >= 0.6 is 11.8 Å². The standard InChI is InChI=1S/C13H11N3OS/c14-13(17)12-10-4-2-1-3-9(10)5-6-11(12)16-8-18-7-15-16/h1-7H,8H2,(H2,14,17). The van der Waals surface area contributed by atoms with Crippen molar-refractivity contribution in [3.05, 3.63) is 42.0 Å². The number of carbonyl (C=O) groups is 1. The zero-order valence-electron chi connectivity index (χ0n) is 9.54. The maximum atomic E-state index is 11.7. The molecule has 1 heterocycles. The van der Waals surface area contributed by atoms with E-state index in [4.69, 9.17) is 5.73 Å². The molecule has 18 heavy (non-hydrogen) atoms. The first-order valence-corrected chi connectivity index (χ1v) is 6.55. The molecule has 0 atom stereocenters. The summed E-state index contributed by atoms with van der Waals surface area (Å²) in [4.78, 5) is 11.7. The molecule has 0 bridgehead atoms. The second-order valence-corrected chi connectivity index (χ2v) is 4.76. The van der Waals surface area contributed by atoms with Crippen molar-refractivity contribution in [2.24, 2.45) is 10.8 Å². The highest BCUT2D eigenvalue weighted by Crippen LogP contribution is 2.31. The lowest BCUT2D eigenvalue weighted by Gasteiger charge is -2.17. The van der Waals surface area contributed by atoms with Crippen LogP contribution in [0.1, 0.15) is 10.4 Å². The third-order valence-corrected chi connectivity index (χ3v) is 3.53. The van der Waals surface area contributed by atoms with E-state index in [1.54, 1.807) is 22.3 Å². The van der Waals surface area contributed by atoms with Gasteiger partial charge in [-0.3, -0.25) is 9.80 Å². The van der Waals surface area contributed by atoms with E-state index in [1.165, 1.54) is 0 Å². The quantitative estimate of drug-likeness (QED) is 0.898. The van der Waals surface area contributed by atoms with Gasteiger partial charge >= 0.3 is 0 Å². The minimum absolute atomic E-state index is 0.422. The lowest BCUT2D eigenvalue weighted by Crippen LogP contribution is -2.19. The van der Waals surface area contributed by atoms with Gasteiger partial charge in [-0.2, -0.15) is 5.10 Å². The molecule has 3 rings (SSSR count). The van der Waals surface area contributed by atoms with Gasteiger partial charge in [-0.1, -0.05) is 42.1 Å². The number of benzene rings is 2. The zero-order valence-corrected chi connectivity index (χ0v) is 10.4. The maximum absolute atomic E-state index is 11.7. The second-order valence-electron chi connectivity index (χ2n) is 3.96. The molecule has 0 unspecified atom stereocenters. The van der Waals surface area contributed by atoms with Crippen LogP contribution in [-0.4, -0.2) is 17.3 Å². The summed E-state index contributed by atoms with van der Waals surface area (Å²) in [6, 6.07) is 11.6. The summed E-state index contributed by atoms with van der Waals surface area (Å²) in [7, 11) is 0. The van der Waals surface area contributed by atoms with Crippen molar-refractivity contribution in [2.75, 3.05) is 10.9 Å². The molecular formula is C13H11N3OS. The summed E-state index contributed by atoms with van der Waals surface area (Å²) in [5.41, 5.74) is 8.59. The molecule has 0 aliphatic carbocycles. The molecule has 0 saturated heterocycles. The van der Waals surface area contributed by atoms with Crippen LogP contribution in [-0.2, 0) is 0 Å². The molecule has 4 nitrogen and oxygen atoms in total. The summed E-state index contributed by atoms with van der Waals surface area (Å²) in [6.07, 6.45) is 0. The van der Waals surface area contributed by atoms with E-state index in [0.717, 1.165) is 16.5 Å². The number of hydrogen-bond donors (Lipinski definition) is 1. The van der Waals surface area contributed by atoms with Crippen molar-refractivity contribution in [1.29, 1.82) is 0 Å². The Bertz CT molecular complexity index is 654. The number of hydrazone groups is 1. The number of thioether (sulfide) groups is 1. The van der Waals surface area contributed by atoms with Gasteiger partial charge in [0.05, 0.1) is 22.7 Å². The third-order valence-electron chi connectivity index (χ3n) is 2.89. The molecule has 1 amide bonds. The molecular weight excluding hydrogens is 246 g/mol. The lowest BCUT2D eigenvalue weighted by atomic mass is 10.0. The van der Waals surface area contributed by atoms with E-state index in [0.29, 0.717) is 11.4 Å². The molecule has 90 valence electrons. The number of primary amides is 1. The minimum atomic E-state index is -0.422. The van der Waals surface area contributed by atoms with Crippen LogP contribution in [0.15, 0.2) is 41.5 Å².